The van der Waals surface area contributed by atoms with E-state index >= 15 is 0 Å². The van der Waals surface area contributed by atoms with E-state index in [1.54, 1.807) is 7.11 Å². The first kappa shape index (κ1) is 24.0. The summed E-state index contributed by atoms with van der Waals surface area (Å²) in [5, 5.41) is 20.1. The van der Waals surface area contributed by atoms with Crippen LogP contribution in [0.25, 0.3) is 0 Å². The highest BCUT2D eigenvalue weighted by Crippen LogP contribution is 2.56. The maximum absolute atomic E-state index is 12.8. The van der Waals surface area contributed by atoms with Crippen LogP contribution in [0.4, 0.5) is 0 Å². The van der Waals surface area contributed by atoms with Gasteiger partial charge in [0, 0.05) is 13.5 Å². The molecule has 0 amide bonds. The first-order valence-electron chi connectivity index (χ1n) is 11.4. The highest BCUT2D eigenvalue weighted by Gasteiger charge is 2.49. The molecular weight excluding hydrogens is 392 g/mol. The van der Waals surface area contributed by atoms with Crippen LogP contribution in [-0.4, -0.2) is 47.2 Å². The molecule has 5 nitrogen and oxygen atoms in total. The summed E-state index contributed by atoms with van der Waals surface area (Å²) in [5.74, 6) is -0.0253. The first-order valence-corrected chi connectivity index (χ1v) is 11.4. The van der Waals surface area contributed by atoms with Gasteiger partial charge in [-0.2, -0.15) is 0 Å². The van der Waals surface area contributed by atoms with E-state index in [0.29, 0.717) is 24.3 Å². The number of aliphatic hydroxyl groups is 2. The SMILES string of the molecule is C=C1/C(=C\C=C2/CCC[C@]3(C)C(C(OC)C(=O)OC(C)(C)C)=CC[C@@H]23)C[C@@H](O)C[C@@H]1O. The van der Waals surface area contributed by atoms with Crippen LogP contribution in [0.5, 0.6) is 0 Å². The molecule has 0 radical (unpaired) electrons. The number of methoxy groups -OCH3 is 1. The molecule has 3 rings (SSSR count). The molecule has 0 aliphatic heterocycles. The Balaban J connectivity index is 1.83. The van der Waals surface area contributed by atoms with Gasteiger partial charge in [-0.3, -0.25) is 0 Å². The fourth-order valence-corrected chi connectivity index (χ4v) is 5.43. The molecule has 3 aliphatic carbocycles. The average molecular weight is 431 g/mol. The van der Waals surface area contributed by atoms with E-state index < -0.39 is 23.9 Å². The number of carbonyl (C=O) groups is 1. The normalized spacial score (nSPS) is 35.1. The Hall–Kier alpha value is -1.69. The minimum atomic E-state index is -0.685. The van der Waals surface area contributed by atoms with E-state index in [9.17, 15) is 15.0 Å². The molecule has 0 spiro atoms. The van der Waals surface area contributed by atoms with Crippen LogP contribution in [0.3, 0.4) is 0 Å². The van der Waals surface area contributed by atoms with Crippen molar-refractivity contribution in [2.45, 2.75) is 90.1 Å². The van der Waals surface area contributed by atoms with Crippen LogP contribution in [0.1, 0.15) is 66.2 Å². The second kappa shape index (κ2) is 9.05. The summed E-state index contributed by atoms with van der Waals surface area (Å²) in [7, 11) is 1.57. The van der Waals surface area contributed by atoms with E-state index in [-0.39, 0.29) is 11.4 Å². The van der Waals surface area contributed by atoms with E-state index in [1.807, 2.05) is 26.8 Å². The number of hydrogen-bond donors (Lipinski definition) is 2. The van der Waals surface area contributed by atoms with E-state index in [1.165, 1.54) is 5.57 Å². The van der Waals surface area contributed by atoms with Gasteiger partial charge < -0.3 is 19.7 Å². The first-order chi connectivity index (χ1) is 14.5. The highest BCUT2D eigenvalue weighted by molar-refractivity contribution is 5.79. The van der Waals surface area contributed by atoms with Crippen LogP contribution in [-0.2, 0) is 14.3 Å². The Bertz CT molecular complexity index is 812. The number of aliphatic hydroxyl groups excluding tert-OH is 2. The number of ether oxygens (including phenoxy) is 2. The molecular formula is C26H38O5. The monoisotopic (exact) mass is 430 g/mol. The third kappa shape index (κ3) is 5.05. The molecule has 2 N–H and O–H groups in total. The van der Waals surface area contributed by atoms with Gasteiger partial charge in [0.25, 0.3) is 0 Å². The van der Waals surface area contributed by atoms with Gasteiger partial charge in [-0.25, -0.2) is 4.79 Å². The van der Waals surface area contributed by atoms with Crippen molar-refractivity contribution < 1.29 is 24.5 Å². The predicted octanol–water partition coefficient (Wildman–Crippen LogP) is 4.40. The van der Waals surface area contributed by atoms with E-state index in [0.717, 1.165) is 36.8 Å². The van der Waals surface area contributed by atoms with Gasteiger partial charge in [-0.1, -0.05) is 37.3 Å². The third-order valence-electron chi connectivity index (χ3n) is 7.01. The number of hydrogen-bond acceptors (Lipinski definition) is 5. The number of fused-ring (bicyclic) bond motifs is 1. The fourth-order valence-electron chi connectivity index (χ4n) is 5.43. The quantitative estimate of drug-likeness (QED) is 0.511. The second-order valence-electron chi connectivity index (χ2n) is 10.4. The zero-order valence-electron chi connectivity index (χ0n) is 19.6. The highest BCUT2D eigenvalue weighted by atomic mass is 16.6. The Labute approximate surface area is 186 Å². The smallest absolute Gasteiger partial charge is 0.340 e. The molecule has 2 saturated carbocycles. The third-order valence-corrected chi connectivity index (χ3v) is 7.01. The summed E-state index contributed by atoms with van der Waals surface area (Å²) in [6.45, 7) is 11.9. The van der Waals surface area contributed by atoms with Gasteiger partial charge in [-0.05, 0) is 80.9 Å². The maximum atomic E-state index is 12.8. The lowest BCUT2D eigenvalue weighted by atomic mass is 9.63. The molecule has 2 fully saturated rings. The lowest BCUT2D eigenvalue weighted by molar-refractivity contribution is -0.165. The minimum Gasteiger partial charge on any atom is -0.458 e. The fraction of sp³-hybridized carbons (Fsp3) is 0.654. The molecule has 1 unspecified atom stereocenters. The van der Waals surface area contributed by atoms with Crippen LogP contribution in [0.2, 0.25) is 0 Å². The summed E-state index contributed by atoms with van der Waals surface area (Å²) < 4.78 is 11.3. The average Bonchev–Trinajstić information content (AvgIpc) is 3.00. The van der Waals surface area contributed by atoms with E-state index in [2.05, 4.69) is 25.7 Å². The lowest BCUT2D eigenvalue weighted by Gasteiger charge is -2.42. The second-order valence-corrected chi connectivity index (χ2v) is 10.4. The van der Waals surface area contributed by atoms with Gasteiger partial charge in [-0.15, -0.1) is 0 Å². The molecule has 3 aliphatic rings. The molecule has 0 bridgehead atoms. The van der Waals surface area contributed by atoms with Crippen molar-refractivity contribution in [3.05, 3.63) is 47.1 Å². The summed E-state index contributed by atoms with van der Waals surface area (Å²) in [6.07, 6.45) is 9.24. The van der Waals surface area contributed by atoms with Gasteiger partial charge in [0.2, 0.25) is 0 Å². The topological polar surface area (TPSA) is 76.0 Å². The standard InChI is InChI=1S/C26H38O5/c1-16-18(14-19(27)15-22(16)28)10-9-17-8-7-13-26(5)20(17)11-12-21(26)23(30-6)24(29)31-25(2,3)4/h9-10,12,19-20,22-23,27-28H,1,7-8,11,13-15H2,2-6H3/b17-9+,18-10-/t19-,20+,22+,23?,26+/m1/s1. The van der Waals surface area contributed by atoms with Gasteiger partial charge in [0.05, 0.1) is 12.2 Å². The predicted molar refractivity (Wildman–Crippen MR) is 121 cm³/mol. The molecule has 0 saturated heterocycles. The van der Waals surface area contributed by atoms with Crippen molar-refractivity contribution in [3.63, 3.8) is 0 Å². The number of allylic oxidation sites excluding steroid dienone is 4. The molecule has 172 valence electrons. The van der Waals surface area contributed by atoms with Crippen LogP contribution >= 0.6 is 0 Å². The number of rotatable bonds is 4. The molecule has 5 heteroatoms. The number of carbonyl (C=O) groups excluding carboxylic acids is 1. The molecule has 31 heavy (non-hydrogen) atoms. The van der Waals surface area contributed by atoms with Gasteiger partial charge in [0.1, 0.15) is 5.60 Å². The Kier molecular flexibility index (Phi) is 6.99. The van der Waals surface area contributed by atoms with Gasteiger partial charge in [0.15, 0.2) is 6.10 Å². The maximum Gasteiger partial charge on any atom is 0.340 e. The van der Waals surface area contributed by atoms with Crippen molar-refractivity contribution in [2.75, 3.05) is 7.11 Å². The van der Waals surface area contributed by atoms with Crippen molar-refractivity contribution in [1.29, 1.82) is 0 Å². The van der Waals surface area contributed by atoms with Crippen LogP contribution < -0.4 is 0 Å². The summed E-state index contributed by atoms with van der Waals surface area (Å²) in [6, 6.07) is 0. The van der Waals surface area contributed by atoms with Crippen LogP contribution in [0.15, 0.2) is 47.1 Å². The summed E-state index contributed by atoms with van der Waals surface area (Å²) >= 11 is 0. The Morgan fingerprint density at radius 2 is 2.03 bits per heavy atom. The Morgan fingerprint density at radius 1 is 1.32 bits per heavy atom. The zero-order valence-corrected chi connectivity index (χ0v) is 19.6. The minimum absolute atomic E-state index is 0.150. The van der Waals surface area contributed by atoms with E-state index in [4.69, 9.17) is 9.47 Å². The molecule has 0 aromatic rings. The van der Waals surface area contributed by atoms with Crippen molar-refractivity contribution >= 4 is 5.97 Å². The molecule has 0 aromatic heterocycles. The summed E-state index contributed by atoms with van der Waals surface area (Å²) in [5.41, 5.74) is 3.28. The van der Waals surface area contributed by atoms with Gasteiger partial charge >= 0.3 is 5.97 Å². The zero-order chi connectivity index (χ0) is 23.0. The van der Waals surface area contributed by atoms with Crippen LogP contribution in [0, 0.1) is 11.3 Å². The molecule has 5 atom stereocenters. The van der Waals surface area contributed by atoms with Crippen molar-refractivity contribution in [3.8, 4) is 0 Å². The molecule has 0 heterocycles. The largest absolute Gasteiger partial charge is 0.458 e. The molecule has 0 aromatic carbocycles. The Morgan fingerprint density at radius 3 is 2.68 bits per heavy atom. The van der Waals surface area contributed by atoms with Crippen molar-refractivity contribution in [1.82, 2.24) is 0 Å². The number of esters is 1. The van der Waals surface area contributed by atoms with Crippen molar-refractivity contribution in [2.24, 2.45) is 11.3 Å². The summed E-state index contributed by atoms with van der Waals surface area (Å²) in [4.78, 5) is 12.8. The lowest BCUT2D eigenvalue weighted by Crippen LogP contribution is -2.40.